The number of hydrogen-bond acceptors (Lipinski definition) is 3. The van der Waals surface area contributed by atoms with E-state index in [2.05, 4.69) is 21.2 Å². The second kappa shape index (κ2) is 6.23. The summed E-state index contributed by atoms with van der Waals surface area (Å²) in [5.74, 6) is -0.918. The molecule has 1 aromatic rings. The maximum absolute atomic E-state index is 11.3. The highest BCUT2D eigenvalue weighted by molar-refractivity contribution is 9.10. The average molecular weight is 317 g/mol. The van der Waals surface area contributed by atoms with Crippen LogP contribution in [0.1, 0.15) is 5.56 Å². The van der Waals surface area contributed by atoms with Crippen molar-refractivity contribution in [2.75, 3.05) is 11.2 Å². The summed E-state index contributed by atoms with van der Waals surface area (Å²) >= 11 is 8.43. The molecule has 17 heavy (non-hydrogen) atoms. The molecule has 0 aliphatic rings. The van der Waals surface area contributed by atoms with Gasteiger partial charge in [0.25, 0.3) is 0 Å². The van der Waals surface area contributed by atoms with E-state index in [1.165, 1.54) is 0 Å². The van der Waals surface area contributed by atoms with Crippen LogP contribution in [0.25, 0.3) is 0 Å². The Morgan fingerprint density at radius 1 is 1.47 bits per heavy atom. The van der Waals surface area contributed by atoms with Crippen LogP contribution in [-0.2, 0) is 4.79 Å². The Morgan fingerprint density at radius 2 is 2.18 bits per heavy atom. The molecule has 1 aromatic carbocycles. The minimum Gasteiger partial charge on any atom is -0.306 e. The molecule has 0 atom stereocenters. The highest BCUT2D eigenvalue weighted by Gasteiger charge is 2.09. The van der Waals surface area contributed by atoms with Crippen LogP contribution in [0.2, 0.25) is 0 Å². The first kappa shape index (κ1) is 13.5. The number of benzene rings is 1. The normalized spacial score (nSPS) is 9.24. The van der Waals surface area contributed by atoms with E-state index in [1.54, 1.807) is 18.2 Å². The number of carbonyl (C=O) groups excluding carboxylic acids is 2. The zero-order chi connectivity index (χ0) is 12.8. The molecular formula is C10H7BrClN3O2. The van der Waals surface area contributed by atoms with Crippen LogP contribution >= 0.6 is 27.5 Å². The zero-order valence-electron chi connectivity index (χ0n) is 8.46. The van der Waals surface area contributed by atoms with E-state index >= 15 is 0 Å². The van der Waals surface area contributed by atoms with Crippen LogP contribution in [0.4, 0.5) is 10.5 Å². The molecule has 5 nitrogen and oxygen atoms in total. The second-order valence-electron chi connectivity index (χ2n) is 2.94. The van der Waals surface area contributed by atoms with Crippen molar-refractivity contribution in [2.45, 2.75) is 0 Å². The number of hydrogen-bond donors (Lipinski definition) is 2. The van der Waals surface area contributed by atoms with Gasteiger partial charge in [0.1, 0.15) is 11.9 Å². The quantitative estimate of drug-likeness (QED) is 0.821. The van der Waals surface area contributed by atoms with E-state index in [1.807, 2.05) is 11.4 Å². The van der Waals surface area contributed by atoms with Gasteiger partial charge in [0, 0.05) is 4.47 Å². The molecule has 0 aliphatic heterocycles. The molecule has 0 aliphatic carbocycles. The van der Waals surface area contributed by atoms with Crippen LogP contribution in [0.5, 0.6) is 0 Å². The van der Waals surface area contributed by atoms with Crippen molar-refractivity contribution in [2.24, 2.45) is 0 Å². The maximum atomic E-state index is 11.3. The van der Waals surface area contributed by atoms with Gasteiger partial charge in [-0.15, -0.1) is 11.6 Å². The van der Waals surface area contributed by atoms with Gasteiger partial charge in [0.2, 0.25) is 5.91 Å². The largest absolute Gasteiger partial charge is 0.325 e. The van der Waals surface area contributed by atoms with Gasteiger partial charge in [-0.3, -0.25) is 10.1 Å². The summed E-state index contributed by atoms with van der Waals surface area (Å²) in [6, 6.07) is 5.97. The predicted octanol–water partition coefficient (Wildman–Crippen LogP) is 2.21. The second-order valence-corrected chi connectivity index (χ2v) is 4.12. The number of alkyl halides is 1. The van der Waals surface area contributed by atoms with Crippen LogP contribution in [0.15, 0.2) is 22.7 Å². The molecule has 3 amide bonds. The predicted molar refractivity (Wildman–Crippen MR) is 66.7 cm³/mol. The lowest BCUT2D eigenvalue weighted by molar-refractivity contribution is -0.117. The van der Waals surface area contributed by atoms with Crippen LogP contribution in [0.3, 0.4) is 0 Å². The molecule has 0 aromatic heterocycles. The summed E-state index contributed by atoms with van der Waals surface area (Å²) in [4.78, 5) is 22.2. The first-order valence-electron chi connectivity index (χ1n) is 4.43. The molecule has 0 fully saturated rings. The number of halogens is 2. The molecule has 0 radical (unpaired) electrons. The van der Waals surface area contributed by atoms with Crippen molar-refractivity contribution in [1.29, 1.82) is 5.26 Å². The number of nitrogens with one attached hydrogen (secondary N) is 2. The highest BCUT2D eigenvalue weighted by atomic mass is 79.9. The first-order chi connectivity index (χ1) is 8.06. The third-order valence-corrected chi connectivity index (χ3v) is 2.46. The lowest BCUT2D eigenvalue weighted by Crippen LogP contribution is -2.35. The Balaban J connectivity index is 2.79. The van der Waals surface area contributed by atoms with Gasteiger partial charge in [-0.2, -0.15) is 5.26 Å². The molecule has 0 unspecified atom stereocenters. The molecule has 0 heterocycles. The summed E-state index contributed by atoms with van der Waals surface area (Å²) in [7, 11) is 0. The third kappa shape index (κ3) is 4.06. The molecule has 7 heteroatoms. The number of nitrogens with zero attached hydrogens (tertiary/aromatic N) is 1. The van der Waals surface area contributed by atoms with E-state index in [-0.39, 0.29) is 11.4 Å². The highest BCUT2D eigenvalue weighted by Crippen LogP contribution is 2.19. The van der Waals surface area contributed by atoms with E-state index in [0.717, 1.165) is 4.47 Å². The summed E-state index contributed by atoms with van der Waals surface area (Å²) in [6.07, 6.45) is 0. The van der Waals surface area contributed by atoms with Crippen LogP contribution in [0, 0.1) is 11.3 Å². The smallest absolute Gasteiger partial charge is 0.306 e. The molecule has 2 N–H and O–H groups in total. The van der Waals surface area contributed by atoms with Gasteiger partial charge in [0.05, 0.1) is 11.3 Å². The van der Waals surface area contributed by atoms with Gasteiger partial charge in [-0.05, 0) is 18.2 Å². The van der Waals surface area contributed by atoms with Gasteiger partial charge in [-0.25, -0.2) is 4.79 Å². The Bertz CT molecular complexity index is 499. The van der Waals surface area contributed by atoms with Crippen molar-refractivity contribution in [3.8, 4) is 6.07 Å². The molecule has 0 saturated heterocycles. The lowest BCUT2D eigenvalue weighted by Gasteiger charge is -2.07. The lowest BCUT2D eigenvalue weighted by atomic mass is 10.2. The molecule has 1 rings (SSSR count). The van der Waals surface area contributed by atoms with Crippen LogP contribution in [-0.4, -0.2) is 17.8 Å². The topological polar surface area (TPSA) is 82.0 Å². The standard InChI is InChI=1S/C10H7BrClN3O2/c11-7-1-2-8(6(3-7)5-13)14-10(17)15-9(16)4-12/h1-3H,4H2,(H2,14,15,16,17). The van der Waals surface area contributed by atoms with Crippen molar-refractivity contribution in [1.82, 2.24) is 5.32 Å². The van der Waals surface area contributed by atoms with E-state index in [4.69, 9.17) is 16.9 Å². The number of carbonyl (C=O) groups is 2. The fraction of sp³-hybridized carbons (Fsp3) is 0.100. The van der Waals surface area contributed by atoms with Gasteiger partial charge in [0.15, 0.2) is 0 Å². The van der Waals surface area contributed by atoms with Gasteiger partial charge in [-0.1, -0.05) is 15.9 Å². The Kier molecular flexibility index (Phi) is 4.94. The van der Waals surface area contributed by atoms with Crippen molar-refractivity contribution in [3.63, 3.8) is 0 Å². The molecular weight excluding hydrogens is 309 g/mol. The fourth-order valence-electron chi connectivity index (χ4n) is 1.03. The molecule has 0 spiro atoms. The maximum Gasteiger partial charge on any atom is 0.325 e. The molecule has 0 bridgehead atoms. The Morgan fingerprint density at radius 3 is 2.76 bits per heavy atom. The Hall–Kier alpha value is -1.58. The Labute approximate surface area is 111 Å². The van der Waals surface area contributed by atoms with E-state index in [0.29, 0.717) is 5.69 Å². The number of amides is 3. The summed E-state index contributed by atoms with van der Waals surface area (Å²) in [6.45, 7) is 0. The molecule has 0 saturated carbocycles. The SMILES string of the molecule is N#Cc1cc(Br)ccc1NC(=O)NC(=O)CCl. The summed E-state index contributed by atoms with van der Waals surface area (Å²) < 4.78 is 0.719. The fourth-order valence-corrected chi connectivity index (χ4v) is 1.46. The van der Waals surface area contributed by atoms with Crippen LogP contribution < -0.4 is 10.6 Å². The van der Waals surface area contributed by atoms with Crippen molar-refractivity contribution < 1.29 is 9.59 Å². The number of rotatable bonds is 2. The van der Waals surface area contributed by atoms with Gasteiger partial charge >= 0.3 is 6.03 Å². The van der Waals surface area contributed by atoms with Crippen molar-refractivity contribution >= 4 is 45.2 Å². The number of urea groups is 1. The minimum atomic E-state index is -0.727. The molecule has 88 valence electrons. The number of imide groups is 1. The average Bonchev–Trinajstić information content (AvgIpc) is 2.31. The number of nitriles is 1. The van der Waals surface area contributed by atoms with E-state index < -0.39 is 11.9 Å². The summed E-state index contributed by atoms with van der Waals surface area (Å²) in [5, 5.41) is 13.2. The van der Waals surface area contributed by atoms with E-state index in [9.17, 15) is 9.59 Å². The monoisotopic (exact) mass is 315 g/mol. The third-order valence-electron chi connectivity index (χ3n) is 1.72. The minimum absolute atomic E-state index is 0.285. The van der Waals surface area contributed by atoms with Gasteiger partial charge < -0.3 is 5.32 Å². The number of anilines is 1. The first-order valence-corrected chi connectivity index (χ1v) is 5.76. The summed E-state index contributed by atoms with van der Waals surface area (Å²) in [5.41, 5.74) is 0.600. The van der Waals surface area contributed by atoms with Crippen molar-refractivity contribution in [3.05, 3.63) is 28.2 Å². The zero-order valence-corrected chi connectivity index (χ0v) is 10.8.